The molecule has 156 valence electrons. The number of alkyl halides is 6. The van der Waals surface area contributed by atoms with Crippen molar-refractivity contribution in [2.24, 2.45) is 0 Å². The standard InChI is InChI=1S/C17H12F6N2O4/c18-16(19,20)28-12-5-1-10(2-6-12)24-14(26)9-15(27)25-11-3-7-13(8-4-11)29-17(21,22)23/h1-8H,9H2,(H,24,26)(H,25,27). The lowest BCUT2D eigenvalue weighted by Gasteiger charge is -2.11. The van der Waals surface area contributed by atoms with Crippen molar-refractivity contribution in [1.82, 2.24) is 0 Å². The Morgan fingerprint density at radius 1 is 0.655 bits per heavy atom. The highest BCUT2D eigenvalue weighted by Gasteiger charge is 2.31. The molecule has 0 unspecified atom stereocenters. The van der Waals surface area contributed by atoms with Crippen molar-refractivity contribution in [2.75, 3.05) is 10.6 Å². The van der Waals surface area contributed by atoms with Gasteiger partial charge in [-0.25, -0.2) is 0 Å². The highest BCUT2D eigenvalue weighted by Crippen LogP contribution is 2.25. The zero-order valence-electron chi connectivity index (χ0n) is 14.2. The first-order chi connectivity index (χ1) is 13.4. The topological polar surface area (TPSA) is 76.7 Å². The lowest BCUT2D eigenvalue weighted by molar-refractivity contribution is -0.275. The fourth-order valence-corrected chi connectivity index (χ4v) is 2.04. The SMILES string of the molecule is O=C(CC(=O)Nc1ccc(OC(F)(F)F)cc1)Nc1ccc(OC(F)(F)F)cc1. The molecule has 0 saturated carbocycles. The third kappa shape index (κ3) is 8.41. The summed E-state index contributed by atoms with van der Waals surface area (Å²) in [6.45, 7) is 0. The molecule has 0 aromatic heterocycles. The molecule has 0 radical (unpaired) electrons. The number of hydrogen-bond acceptors (Lipinski definition) is 4. The van der Waals surface area contributed by atoms with Crippen molar-refractivity contribution in [1.29, 1.82) is 0 Å². The van der Waals surface area contributed by atoms with Gasteiger partial charge in [-0.15, -0.1) is 26.3 Å². The molecular weight excluding hydrogens is 410 g/mol. The van der Waals surface area contributed by atoms with Crippen LogP contribution in [0.15, 0.2) is 48.5 Å². The molecule has 0 atom stereocenters. The van der Waals surface area contributed by atoms with Crippen molar-refractivity contribution in [3.63, 3.8) is 0 Å². The first-order valence-corrected chi connectivity index (χ1v) is 7.71. The summed E-state index contributed by atoms with van der Waals surface area (Å²) in [4.78, 5) is 23.6. The van der Waals surface area contributed by atoms with Gasteiger partial charge in [0.2, 0.25) is 11.8 Å². The van der Waals surface area contributed by atoms with E-state index < -0.39 is 42.5 Å². The zero-order valence-corrected chi connectivity index (χ0v) is 14.2. The van der Waals surface area contributed by atoms with E-state index in [-0.39, 0.29) is 11.4 Å². The van der Waals surface area contributed by atoms with E-state index in [1.54, 1.807) is 0 Å². The van der Waals surface area contributed by atoms with Gasteiger partial charge < -0.3 is 20.1 Å². The van der Waals surface area contributed by atoms with Gasteiger partial charge >= 0.3 is 12.7 Å². The van der Waals surface area contributed by atoms with Crippen LogP contribution in [0.2, 0.25) is 0 Å². The molecule has 29 heavy (non-hydrogen) atoms. The molecule has 0 aliphatic carbocycles. The zero-order chi connectivity index (χ0) is 21.7. The number of nitrogens with one attached hydrogen (secondary N) is 2. The normalized spacial score (nSPS) is 11.5. The van der Waals surface area contributed by atoms with E-state index in [1.807, 2.05) is 0 Å². The number of carbonyl (C=O) groups excluding carboxylic acids is 2. The fraction of sp³-hybridized carbons (Fsp3) is 0.176. The molecule has 2 amide bonds. The van der Waals surface area contributed by atoms with Crippen LogP contribution in [0, 0.1) is 0 Å². The Morgan fingerprint density at radius 2 is 0.966 bits per heavy atom. The average Bonchev–Trinajstić information content (AvgIpc) is 2.55. The minimum Gasteiger partial charge on any atom is -0.406 e. The van der Waals surface area contributed by atoms with Crippen LogP contribution in [0.4, 0.5) is 37.7 Å². The Kier molecular flexibility index (Phi) is 6.56. The molecule has 2 rings (SSSR count). The molecule has 0 saturated heterocycles. The Morgan fingerprint density at radius 3 is 1.24 bits per heavy atom. The molecule has 2 aromatic carbocycles. The molecule has 0 aliphatic heterocycles. The fourth-order valence-electron chi connectivity index (χ4n) is 2.04. The minimum atomic E-state index is -4.85. The summed E-state index contributed by atoms with van der Waals surface area (Å²) in [6, 6.07) is 8.52. The van der Waals surface area contributed by atoms with Gasteiger partial charge in [-0.05, 0) is 48.5 Å². The molecule has 6 nitrogen and oxygen atoms in total. The molecule has 0 fully saturated rings. The quantitative estimate of drug-likeness (QED) is 0.533. The van der Waals surface area contributed by atoms with Gasteiger partial charge in [-0.1, -0.05) is 0 Å². The van der Waals surface area contributed by atoms with Gasteiger partial charge in [0.15, 0.2) is 0 Å². The maximum Gasteiger partial charge on any atom is 0.573 e. The van der Waals surface area contributed by atoms with Crippen LogP contribution in [0.3, 0.4) is 0 Å². The molecule has 0 bridgehead atoms. The van der Waals surface area contributed by atoms with Gasteiger partial charge in [0.05, 0.1) is 0 Å². The molecule has 2 aromatic rings. The smallest absolute Gasteiger partial charge is 0.406 e. The van der Waals surface area contributed by atoms with Crippen LogP contribution in [-0.2, 0) is 9.59 Å². The number of halogens is 6. The van der Waals surface area contributed by atoms with E-state index in [0.717, 1.165) is 48.5 Å². The van der Waals surface area contributed by atoms with Crippen molar-refractivity contribution in [3.8, 4) is 11.5 Å². The second-order valence-corrected chi connectivity index (χ2v) is 5.42. The highest BCUT2D eigenvalue weighted by atomic mass is 19.4. The second-order valence-electron chi connectivity index (χ2n) is 5.42. The minimum absolute atomic E-state index is 0.131. The van der Waals surface area contributed by atoms with E-state index in [4.69, 9.17) is 0 Å². The molecule has 0 aliphatic rings. The van der Waals surface area contributed by atoms with Crippen LogP contribution in [0.5, 0.6) is 11.5 Å². The van der Waals surface area contributed by atoms with E-state index in [9.17, 15) is 35.9 Å². The molecule has 2 N–H and O–H groups in total. The first kappa shape index (κ1) is 21.9. The summed E-state index contributed by atoms with van der Waals surface area (Å²) in [5, 5.41) is 4.60. The van der Waals surface area contributed by atoms with Gasteiger partial charge in [0, 0.05) is 11.4 Å². The van der Waals surface area contributed by atoms with Crippen molar-refractivity contribution in [2.45, 2.75) is 19.1 Å². The van der Waals surface area contributed by atoms with E-state index >= 15 is 0 Å². The predicted octanol–water partition coefficient (Wildman–Crippen LogP) is 4.45. The Bertz CT molecular complexity index is 777. The number of ether oxygens (including phenoxy) is 2. The van der Waals surface area contributed by atoms with Crippen molar-refractivity contribution >= 4 is 23.2 Å². The number of amides is 2. The van der Waals surface area contributed by atoms with Crippen molar-refractivity contribution < 1.29 is 45.4 Å². The molecule has 12 heteroatoms. The lowest BCUT2D eigenvalue weighted by atomic mass is 10.2. The number of anilines is 2. The Hall–Kier alpha value is -3.44. The molecular formula is C17H12F6N2O4. The van der Waals surface area contributed by atoms with Crippen LogP contribution in [0.1, 0.15) is 6.42 Å². The number of carbonyl (C=O) groups is 2. The van der Waals surface area contributed by atoms with Crippen LogP contribution < -0.4 is 20.1 Å². The summed E-state index contributed by atoms with van der Waals surface area (Å²) in [5.41, 5.74) is 0.261. The lowest BCUT2D eigenvalue weighted by Crippen LogP contribution is -2.21. The van der Waals surface area contributed by atoms with E-state index in [1.165, 1.54) is 0 Å². The Labute approximate surface area is 159 Å². The highest BCUT2D eigenvalue weighted by molar-refractivity contribution is 6.08. The summed E-state index contributed by atoms with van der Waals surface area (Å²) >= 11 is 0. The summed E-state index contributed by atoms with van der Waals surface area (Å²) in [6.07, 6.45) is -10.3. The summed E-state index contributed by atoms with van der Waals surface area (Å²) in [5.74, 6) is -2.48. The van der Waals surface area contributed by atoms with Gasteiger partial charge in [-0.2, -0.15) is 0 Å². The predicted molar refractivity (Wildman–Crippen MR) is 88.1 cm³/mol. The molecule has 0 spiro atoms. The largest absolute Gasteiger partial charge is 0.573 e. The second kappa shape index (κ2) is 8.71. The third-order valence-corrected chi connectivity index (χ3v) is 3.06. The first-order valence-electron chi connectivity index (χ1n) is 7.71. The number of rotatable bonds is 6. The van der Waals surface area contributed by atoms with E-state index in [0.29, 0.717) is 0 Å². The van der Waals surface area contributed by atoms with Crippen LogP contribution in [-0.4, -0.2) is 24.5 Å². The number of hydrogen-bond donors (Lipinski definition) is 2. The molecule has 0 heterocycles. The van der Waals surface area contributed by atoms with Gasteiger partial charge in [0.25, 0.3) is 0 Å². The van der Waals surface area contributed by atoms with Gasteiger partial charge in [-0.3, -0.25) is 9.59 Å². The maximum absolute atomic E-state index is 12.1. The van der Waals surface area contributed by atoms with Gasteiger partial charge in [0.1, 0.15) is 17.9 Å². The van der Waals surface area contributed by atoms with E-state index in [2.05, 4.69) is 20.1 Å². The average molecular weight is 422 g/mol. The monoisotopic (exact) mass is 422 g/mol. The Balaban J connectivity index is 1.83. The maximum atomic E-state index is 12.1. The third-order valence-electron chi connectivity index (χ3n) is 3.06. The summed E-state index contributed by atoms with van der Waals surface area (Å²) < 4.78 is 79.8. The van der Waals surface area contributed by atoms with Crippen LogP contribution >= 0.6 is 0 Å². The van der Waals surface area contributed by atoms with Crippen LogP contribution in [0.25, 0.3) is 0 Å². The summed E-state index contributed by atoms with van der Waals surface area (Å²) in [7, 11) is 0. The van der Waals surface area contributed by atoms with Crippen molar-refractivity contribution in [3.05, 3.63) is 48.5 Å². The number of benzene rings is 2.